The molecule has 1 atom stereocenters. The van der Waals surface area contributed by atoms with Crippen molar-refractivity contribution in [2.75, 3.05) is 6.26 Å². The molecule has 0 heterocycles. The zero-order valence-electron chi connectivity index (χ0n) is 9.66. The highest BCUT2D eigenvalue weighted by atomic mass is 32.2. The predicted octanol–water partition coefficient (Wildman–Crippen LogP) is 2.22. The highest BCUT2D eigenvalue weighted by Crippen LogP contribution is 2.09. The van der Waals surface area contributed by atoms with Gasteiger partial charge in [0.05, 0.1) is 6.10 Å². The first-order valence-corrected chi connectivity index (χ1v) is 6.18. The maximum atomic E-state index is 11.6. The summed E-state index contributed by atoms with van der Waals surface area (Å²) in [4.78, 5) is 11.6. The minimum atomic E-state index is -0.188. The molecule has 4 heteroatoms. The molecule has 0 saturated heterocycles. The Bertz CT molecular complexity index is 172. The van der Waals surface area contributed by atoms with Crippen molar-refractivity contribution in [3.8, 4) is 0 Å². The van der Waals surface area contributed by atoms with Crippen molar-refractivity contribution in [2.45, 2.75) is 46.3 Å². The van der Waals surface area contributed by atoms with E-state index in [-0.39, 0.29) is 18.1 Å². The van der Waals surface area contributed by atoms with Crippen molar-refractivity contribution >= 4 is 17.9 Å². The molecule has 0 rings (SSSR count). The van der Waals surface area contributed by atoms with E-state index in [1.165, 1.54) is 11.9 Å². The molecule has 0 aromatic carbocycles. The van der Waals surface area contributed by atoms with Gasteiger partial charge in [0.2, 0.25) is 0 Å². The Morgan fingerprint density at radius 3 is 2.29 bits per heavy atom. The Hall–Kier alpha value is -0.220. The molecule has 0 saturated carbocycles. The smallest absolute Gasteiger partial charge is 0.324 e. The number of carbonyl (C=O) groups excluding carboxylic acids is 1. The lowest BCUT2D eigenvalue weighted by Crippen LogP contribution is -2.36. The molecule has 0 aliphatic heterocycles. The standard InChI is InChI=1S/C10H21NO2S/c1-7(2)6-9(11-14-5)10(12)13-8(3)4/h7-9,11H,6H2,1-5H3/t9-/m0/s1. The van der Waals surface area contributed by atoms with Gasteiger partial charge in [-0.1, -0.05) is 25.8 Å². The van der Waals surface area contributed by atoms with E-state index in [2.05, 4.69) is 18.6 Å². The fourth-order valence-electron chi connectivity index (χ4n) is 1.12. The maximum Gasteiger partial charge on any atom is 0.324 e. The van der Waals surface area contributed by atoms with Crippen LogP contribution in [0.5, 0.6) is 0 Å². The van der Waals surface area contributed by atoms with Crippen molar-refractivity contribution in [2.24, 2.45) is 5.92 Å². The average molecular weight is 219 g/mol. The van der Waals surface area contributed by atoms with E-state index in [1.54, 1.807) is 0 Å². The van der Waals surface area contributed by atoms with E-state index >= 15 is 0 Å². The third kappa shape index (κ3) is 6.27. The summed E-state index contributed by atoms with van der Waals surface area (Å²) in [5.41, 5.74) is 0. The van der Waals surface area contributed by atoms with Gasteiger partial charge in [0, 0.05) is 0 Å². The number of ether oxygens (including phenoxy) is 1. The molecule has 0 amide bonds. The van der Waals surface area contributed by atoms with Crippen molar-refractivity contribution < 1.29 is 9.53 Å². The van der Waals surface area contributed by atoms with Gasteiger partial charge in [-0.3, -0.25) is 9.52 Å². The zero-order valence-corrected chi connectivity index (χ0v) is 10.5. The molecule has 0 aromatic heterocycles. The van der Waals surface area contributed by atoms with Crippen LogP contribution in [-0.4, -0.2) is 24.4 Å². The summed E-state index contributed by atoms with van der Waals surface area (Å²) in [6.07, 6.45) is 2.68. The van der Waals surface area contributed by atoms with Gasteiger partial charge in [-0.25, -0.2) is 0 Å². The van der Waals surface area contributed by atoms with Crippen LogP contribution in [0.15, 0.2) is 0 Å². The van der Waals surface area contributed by atoms with Crippen molar-refractivity contribution in [3.05, 3.63) is 0 Å². The average Bonchev–Trinajstić information content (AvgIpc) is 2.01. The van der Waals surface area contributed by atoms with E-state index in [1.807, 2.05) is 20.1 Å². The largest absolute Gasteiger partial charge is 0.462 e. The molecule has 0 unspecified atom stereocenters. The third-order valence-corrected chi connectivity index (χ3v) is 2.12. The third-order valence-electron chi connectivity index (χ3n) is 1.60. The quantitative estimate of drug-likeness (QED) is 0.549. The first-order chi connectivity index (χ1) is 6.47. The minimum Gasteiger partial charge on any atom is -0.462 e. The summed E-state index contributed by atoms with van der Waals surface area (Å²) in [7, 11) is 0. The molecule has 0 aliphatic carbocycles. The van der Waals surface area contributed by atoms with Crippen LogP contribution >= 0.6 is 11.9 Å². The van der Waals surface area contributed by atoms with Gasteiger partial charge in [-0.15, -0.1) is 0 Å². The van der Waals surface area contributed by atoms with Crippen LogP contribution in [0.4, 0.5) is 0 Å². The van der Waals surface area contributed by atoms with Gasteiger partial charge >= 0.3 is 5.97 Å². The van der Waals surface area contributed by atoms with Crippen LogP contribution in [0.25, 0.3) is 0 Å². The van der Waals surface area contributed by atoms with Gasteiger partial charge in [0.1, 0.15) is 6.04 Å². The highest BCUT2D eigenvalue weighted by Gasteiger charge is 2.21. The summed E-state index contributed by atoms with van der Waals surface area (Å²) in [5, 5.41) is 0. The first-order valence-electron chi connectivity index (χ1n) is 4.96. The van der Waals surface area contributed by atoms with Crippen LogP contribution in [0.3, 0.4) is 0 Å². The summed E-state index contributed by atoms with van der Waals surface area (Å²) in [5.74, 6) is 0.336. The molecule has 0 aromatic rings. The molecule has 0 bridgehead atoms. The van der Waals surface area contributed by atoms with E-state index < -0.39 is 0 Å². The van der Waals surface area contributed by atoms with Crippen molar-refractivity contribution in [1.82, 2.24) is 4.72 Å². The molecule has 3 nitrogen and oxygen atoms in total. The Morgan fingerprint density at radius 2 is 1.93 bits per heavy atom. The summed E-state index contributed by atoms with van der Waals surface area (Å²) in [6.45, 7) is 7.92. The molecular weight excluding hydrogens is 198 g/mol. The van der Waals surface area contributed by atoms with Crippen LogP contribution in [0.1, 0.15) is 34.1 Å². The van der Waals surface area contributed by atoms with Gasteiger partial charge in [0.25, 0.3) is 0 Å². The number of rotatable bonds is 6. The Morgan fingerprint density at radius 1 is 1.36 bits per heavy atom. The number of esters is 1. The van der Waals surface area contributed by atoms with Crippen LogP contribution in [0, 0.1) is 5.92 Å². The lowest BCUT2D eigenvalue weighted by Gasteiger charge is -2.19. The minimum absolute atomic E-state index is 0.0409. The number of hydrogen-bond acceptors (Lipinski definition) is 4. The lowest BCUT2D eigenvalue weighted by molar-refractivity contribution is -0.149. The Balaban J connectivity index is 4.10. The molecule has 0 radical (unpaired) electrons. The SMILES string of the molecule is CSN[C@@H](CC(C)C)C(=O)OC(C)C. The molecule has 1 N–H and O–H groups in total. The molecule has 0 spiro atoms. The highest BCUT2D eigenvalue weighted by molar-refractivity contribution is 7.96. The van der Waals surface area contributed by atoms with Gasteiger partial charge in [-0.05, 0) is 32.4 Å². The fraction of sp³-hybridized carbons (Fsp3) is 0.900. The maximum absolute atomic E-state index is 11.6. The number of hydrogen-bond donors (Lipinski definition) is 1. The van der Waals surface area contributed by atoms with E-state index in [0.29, 0.717) is 5.92 Å². The van der Waals surface area contributed by atoms with E-state index in [4.69, 9.17) is 4.74 Å². The monoisotopic (exact) mass is 219 g/mol. The van der Waals surface area contributed by atoms with Gasteiger partial charge in [-0.2, -0.15) is 0 Å². The molecular formula is C10H21NO2S. The second kappa shape index (κ2) is 7.12. The molecule has 14 heavy (non-hydrogen) atoms. The summed E-state index contributed by atoms with van der Waals surface area (Å²) < 4.78 is 8.21. The Kier molecular flexibility index (Phi) is 7.01. The van der Waals surface area contributed by atoms with Crippen LogP contribution in [0.2, 0.25) is 0 Å². The molecule has 0 fully saturated rings. The summed E-state index contributed by atoms with van der Waals surface area (Å²) >= 11 is 1.46. The predicted molar refractivity (Wildman–Crippen MR) is 61.1 cm³/mol. The van der Waals surface area contributed by atoms with Crippen LogP contribution < -0.4 is 4.72 Å². The van der Waals surface area contributed by atoms with Crippen LogP contribution in [-0.2, 0) is 9.53 Å². The van der Waals surface area contributed by atoms with E-state index in [0.717, 1.165) is 6.42 Å². The zero-order chi connectivity index (χ0) is 11.1. The number of carbonyl (C=O) groups is 1. The van der Waals surface area contributed by atoms with Crippen molar-refractivity contribution in [3.63, 3.8) is 0 Å². The molecule has 84 valence electrons. The normalized spacial score (nSPS) is 13.4. The second-order valence-corrected chi connectivity index (χ2v) is 4.63. The molecule has 0 aliphatic rings. The van der Waals surface area contributed by atoms with Gasteiger partial charge < -0.3 is 4.74 Å². The lowest BCUT2D eigenvalue weighted by atomic mass is 10.0. The van der Waals surface area contributed by atoms with Gasteiger partial charge in [0.15, 0.2) is 0 Å². The first kappa shape index (κ1) is 13.8. The van der Waals surface area contributed by atoms with E-state index in [9.17, 15) is 4.79 Å². The fourth-order valence-corrected chi connectivity index (χ4v) is 1.60. The topological polar surface area (TPSA) is 38.3 Å². The van der Waals surface area contributed by atoms with Crippen molar-refractivity contribution in [1.29, 1.82) is 0 Å². The Labute approximate surface area is 91.1 Å². The number of nitrogens with one attached hydrogen (secondary N) is 1. The second-order valence-electron chi connectivity index (χ2n) is 3.99. The summed E-state index contributed by atoms with van der Waals surface area (Å²) in [6, 6.07) is -0.188.